The maximum Gasteiger partial charge on any atom is 0.410 e. The lowest BCUT2D eigenvalue weighted by molar-refractivity contribution is -0.0166. The summed E-state index contributed by atoms with van der Waals surface area (Å²) >= 11 is 0. The molecule has 2 unspecified atom stereocenters. The Kier molecular flexibility index (Phi) is 8.91. The predicted molar refractivity (Wildman–Crippen MR) is 129 cm³/mol. The van der Waals surface area contributed by atoms with E-state index >= 15 is 0 Å². The monoisotopic (exact) mass is 422 g/mol. The van der Waals surface area contributed by atoms with Crippen LogP contribution in [0.1, 0.15) is 60.1 Å². The van der Waals surface area contributed by atoms with Gasteiger partial charge in [-0.15, -0.1) is 5.73 Å². The number of nitrogens with zero attached hydrogens (tertiary/aromatic N) is 2. The summed E-state index contributed by atoms with van der Waals surface area (Å²) in [5.74, 6) is 0. The molecule has 1 aliphatic rings. The highest BCUT2D eigenvalue weighted by Crippen LogP contribution is 2.33. The molecule has 1 aromatic rings. The number of carbonyl (C=O) groups is 1. The van der Waals surface area contributed by atoms with Crippen molar-refractivity contribution < 1.29 is 9.53 Å². The lowest BCUT2D eigenvalue weighted by Gasteiger charge is -2.47. The summed E-state index contributed by atoms with van der Waals surface area (Å²) in [5.41, 5.74) is 5.20. The maximum atomic E-state index is 12.7. The third-order valence-electron chi connectivity index (χ3n) is 5.37. The summed E-state index contributed by atoms with van der Waals surface area (Å²) in [4.78, 5) is 17.1. The summed E-state index contributed by atoms with van der Waals surface area (Å²) in [6.07, 6.45) is 9.73. The van der Waals surface area contributed by atoms with Gasteiger partial charge in [-0.1, -0.05) is 54.1 Å². The highest BCUT2D eigenvalue weighted by Gasteiger charge is 2.38. The van der Waals surface area contributed by atoms with Crippen LogP contribution in [0.25, 0.3) is 0 Å². The highest BCUT2D eigenvalue weighted by molar-refractivity contribution is 5.68. The van der Waals surface area contributed by atoms with Gasteiger partial charge >= 0.3 is 6.09 Å². The van der Waals surface area contributed by atoms with E-state index in [-0.39, 0.29) is 24.2 Å². The summed E-state index contributed by atoms with van der Waals surface area (Å²) in [5, 5.41) is 0. The number of hydrogen-bond acceptors (Lipinski definition) is 3. The SMILES string of the molecule is C/C=C\C=C=C/C=C(\C)C(c1ccccc1)N1CC(C)N(C(=O)OC(C)(C)C)C[C@@H]1C. The van der Waals surface area contributed by atoms with Gasteiger partial charge in [0.15, 0.2) is 0 Å². The summed E-state index contributed by atoms with van der Waals surface area (Å²) in [6.45, 7) is 15.6. The first-order chi connectivity index (χ1) is 14.6. The molecular formula is C27H38N2O2. The second kappa shape index (κ2) is 11.2. The van der Waals surface area contributed by atoms with Crippen LogP contribution in [0.5, 0.6) is 0 Å². The van der Waals surface area contributed by atoms with Gasteiger partial charge in [0, 0.05) is 25.2 Å². The number of benzene rings is 1. The largest absolute Gasteiger partial charge is 0.444 e. The molecule has 0 N–H and O–H groups in total. The number of piperazine rings is 1. The van der Waals surface area contributed by atoms with Crippen molar-refractivity contribution in [1.82, 2.24) is 9.80 Å². The predicted octanol–water partition coefficient (Wildman–Crippen LogP) is 6.29. The zero-order valence-corrected chi connectivity index (χ0v) is 20.1. The Hall–Kier alpha value is -2.55. The molecule has 0 aliphatic carbocycles. The molecule has 3 atom stereocenters. The molecule has 1 aromatic carbocycles. The summed E-state index contributed by atoms with van der Waals surface area (Å²) in [7, 11) is 0. The molecule has 1 saturated heterocycles. The Labute approximate surface area is 188 Å². The van der Waals surface area contributed by atoms with E-state index in [1.807, 2.05) is 63.0 Å². The Morgan fingerprint density at radius 3 is 2.42 bits per heavy atom. The first-order valence-electron chi connectivity index (χ1n) is 11.1. The van der Waals surface area contributed by atoms with E-state index in [0.717, 1.165) is 6.54 Å². The molecule has 4 heteroatoms. The number of ether oxygens (including phenoxy) is 1. The van der Waals surface area contributed by atoms with E-state index in [4.69, 9.17) is 4.74 Å². The standard InChI is InChI=1S/C27H38N2O2/c1-8-9-10-11-13-16-21(2)25(24-17-14-12-15-18-24)28-19-23(4)29(20-22(28)3)26(30)31-27(5,6)7/h8-10,12-18,22-23,25H,19-20H2,1-7H3/b9-8-,21-16+/t11?,22-,23?,25?/m0/s1. The van der Waals surface area contributed by atoms with Crippen molar-refractivity contribution in [1.29, 1.82) is 0 Å². The number of carbonyl (C=O) groups excluding carboxylic acids is 1. The van der Waals surface area contributed by atoms with Gasteiger partial charge in [0.25, 0.3) is 0 Å². The Morgan fingerprint density at radius 2 is 1.81 bits per heavy atom. The quantitative estimate of drug-likeness (QED) is 0.413. The number of allylic oxidation sites excluding steroid dienone is 4. The maximum absolute atomic E-state index is 12.7. The van der Waals surface area contributed by atoms with Gasteiger partial charge in [0.05, 0.1) is 6.04 Å². The first-order valence-corrected chi connectivity index (χ1v) is 11.1. The number of hydrogen-bond donors (Lipinski definition) is 0. The topological polar surface area (TPSA) is 32.8 Å². The second-order valence-corrected chi connectivity index (χ2v) is 9.28. The fraction of sp³-hybridized carbons (Fsp3) is 0.481. The van der Waals surface area contributed by atoms with Crippen LogP contribution < -0.4 is 0 Å². The molecular weight excluding hydrogens is 384 g/mol. The first kappa shape index (κ1) is 24.7. The van der Waals surface area contributed by atoms with Crippen molar-refractivity contribution in [2.75, 3.05) is 13.1 Å². The number of rotatable bonds is 5. The van der Waals surface area contributed by atoms with Crippen molar-refractivity contribution in [3.63, 3.8) is 0 Å². The highest BCUT2D eigenvalue weighted by atomic mass is 16.6. The summed E-state index contributed by atoms with van der Waals surface area (Å²) < 4.78 is 5.64. The average Bonchev–Trinajstić information content (AvgIpc) is 2.70. The minimum atomic E-state index is -0.490. The van der Waals surface area contributed by atoms with Crippen LogP contribution >= 0.6 is 0 Å². The molecule has 2 rings (SSSR count). The normalized spacial score (nSPS) is 21.5. The van der Waals surface area contributed by atoms with Gasteiger partial charge in [-0.2, -0.15) is 0 Å². The van der Waals surface area contributed by atoms with Crippen LogP contribution in [0.4, 0.5) is 4.79 Å². The van der Waals surface area contributed by atoms with Crippen LogP contribution in [0.2, 0.25) is 0 Å². The van der Waals surface area contributed by atoms with E-state index in [1.165, 1.54) is 11.1 Å². The van der Waals surface area contributed by atoms with Crippen LogP contribution in [-0.4, -0.2) is 46.7 Å². The molecule has 1 amide bonds. The van der Waals surface area contributed by atoms with E-state index < -0.39 is 5.60 Å². The Morgan fingerprint density at radius 1 is 1.13 bits per heavy atom. The van der Waals surface area contributed by atoms with Gasteiger partial charge in [-0.05, 0) is 66.2 Å². The van der Waals surface area contributed by atoms with Crippen molar-refractivity contribution in [2.24, 2.45) is 0 Å². The van der Waals surface area contributed by atoms with Gasteiger partial charge in [0.2, 0.25) is 0 Å². The van der Waals surface area contributed by atoms with E-state index in [9.17, 15) is 4.79 Å². The van der Waals surface area contributed by atoms with Crippen molar-refractivity contribution in [3.8, 4) is 0 Å². The molecule has 0 aromatic heterocycles. The Balaban J connectivity index is 2.30. The fourth-order valence-corrected chi connectivity index (χ4v) is 3.92. The van der Waals surface area contributed by atoms with Crippen molar-refractivity contribution in [2.45, 2.75) is 72.2 Å². The second-order valence-electron chi connectivity index (χ2n) is 9.28. The van der Waals surface area contributed by atoms with Crippen LogP contribution in [0.3, 0.4) is 0 Å². The molecule has 1 heterocycles. The molecule has 0 radical (unpaired) electrons. The number of amides is 1. The molecule has 4 nitrogen and oxygen atoms in total. The molecule has 0 saturated carbocycles. The average molecular weight is 423 g/mol. The molecule has 1 fully saturated rings. The minimum Gasteiger partial charge on any atom is -0.444 e. The lowest BCUT2D eigenvalue weighted by Crippen LogP contribution is -2.59. The molecule has 0 bridgehead atoms. The molecule has 1 aliphatic heterocycles. The van der Waals surface area contributed by atoms with Crippen molar-refractivity contribution >= 4 is 6.09 Å². The summed E-state index contributed by atoms with van der Waals surface area (Å²) in [6, 6.07) is 11.0. The molecule has 168 valence electrons. The van der Waals surface area contributed by atoms with Crippen LogP contribution in [0.15, 0.2) is 72.0 Å². The molecule has 0 spiro atoms. The zero-order valence-electron chi connectivity index (χ0n) is 20.1. The van der Waals surface area contributed by atoms with Crippen LogP contribution in [0, 0.1) is 0 Å². The van der Waals surface area contributed by atoms with E-state index in [2.05, 4.69) is 61.7 Å². The fourth-order valence-electron chi connectivity index (χ4n) is 3.92. The van der Waals surface area contributed by atoms with Gasteiger partial charge in [0.1, 0.15) is 5.60 Å². The van der Waals surface area contributed by atoms with E-state index in [1.54, 1.807) is 0 Å². The van der Waals surface area contributed by atoms with Crippen molar-refractivity contribution in [3.05, 3.63) is 77.6 Å². The van der Waals surface area contributed by atoms with E-state index in [0.29, 0.717) is 6.54 Å². The lowest BCUT2D eigenvalue weighted by atomic mass is 9.94. The van der Waals surface area contributed by atoms with Gasteiger partial charge < -0.3 is 9.64 Å². The van der Waals surface area contributed by atoms with Gasteiger partial charge in [-0.3, -0.25) is 4.90 Å². The third kappa shape index (κ3) is 7.27. The van der Waals surface area contributed by atoms with Crippen LogP contribution in [-0.2, 0) is 4.74 Å². The smallest absolute Gasteiger partial charge is 0.410 e. The molecule has 31 heavy (non-hydrogen) atoms. The Bertz CT molecular complexity index is 842. The minimum absolute atomic E-state index is 0.0650. The van der Waals surface area contributed by atoms with Gasteiger partial charge in [-0.25, -0.2) is 4.79 Å². The zero-order chi connectivity index (χ0) is 23.0. The third-order valence-corrected chi connectivity index (χ3v) is 5.37.